The van der Waals surface area contributed by atoms with E-state index >= 15 is 0 Å². The molecule has 0 aliphatic rings. The van der Waals surface area contributed by atoms with Crippen molar-refractivity contribution in [1.29, 1.82) is 0 Å². The van der Waals surface area contributed by atoms with Crippen LogP contribution in [0.2, 0.25) is 0 Å². The number of pyridine rings is 1. The summed E-state index contributed by atoms with van der Waals surface area (Å²) in [5.74, 6) is 0. The molecule has 0 radical (unpaired) electrons. The van der Waals surface area contributed by atoms with E-state index in [1.54, 1.807) is 6.20 Å². The van der Waals surface area contributed by atoms with Crippen molar-refractivity contribution in [2.75, 3.05) is 0 Å². The summed E-state index contributed by atoms with van der Waals surface area (Å²) < 4.78 is 0. The second kappa shape index (κ2) is 5.74. The molecule has 0 saturated heterocycles. The van der Waals surface area contributed by atoms with Gasteiger partial charge in [-0.2, -0.15) is 4.98 Å². The standard InChI is InChI=1S/C20H15N3O/c1-13-11-16(9-10-21-13)15-7-8-18-17(12-15)19(23-20(24)22-18)14-5-3-2-4-6-14/h2-12H,1H3,(H,22,23,24). The minimum atomic E-state index is -0.339. The number of fused-ring (bicyclic) bond motifs is 1. The first-order valence-electron chi connectivity index (χ1n) is 7.73. The average Bonchev–Trinajstić information content (AvgIpc) is 2.61. The minimum absolute atomic E-state index is 0.339. The fraction of sp³-hybridized carbons (Fsp3) is 0.0500. The van der Waals surface area contributed by atoms with Crippen molar-refractivity contribution < 1.29 is 0 Å². The van der Waals surface area contributed by atoms with E-state index in [1.165, 1.54) is 0 Å². The molecule has 4 aromatic rings. The fourth-order valence-electron chi connectivity index (χ4n) is 2.87. The molecule has 0 amide bonds. The van der Waals surface area contributed by atoms with Gasteiger partial charge in [0.05, 0.1) is 11.2 Å². The number of H-pyrrole nitrogens is 1. The monoisotopic (exact) mass is 313 g/mol. The highest BCUT2D eigenvalue weighted by Crippen LogP contribution is 2.29. The van der Waals surface area contributed by atoms with Crippen LogP contribution in [-0.2, 0) is 0 Å². The van der Waals surface area contributed by atoms with Crippen molar-refractivity contribution in [1.82, 2.24) is 15.0 Å². The minimum Gasteiger partial charge on any atom is -0.305 e. The van der Waals surface area contributed by atoms with Crippen molar-refractivity contribution in [3.05, 3.63) is 83.0 Å². The Morgan fingerprint density at radius 3 is 2.46 bits per heavy atom. The lowest BCUT2D eigenvalue weighted by molar-refractivity contribution is 1.12. The van der Waals surface area contributed by atoms with E-state index in [2.05, 4.69) is 21.0 Å². The van der Waals surface area contributed by atoms with Gasteiger partial charge in [-0.3, -0.25) is 4.98 Å². The summed E-state index contributed by atoms with van der Waals surface area (Å²) >= 11 is 0. The Kier molecular flexibility index (Phi) is 3.43. The number of aromatic nitrogens is 3. The predicted octanol–water partition coefficient (Wildman–Crippen LogP) is 3.96. The van der Waals surface area contributed by atoms with Crippen molar-refractivity contribution in [2.24, 2.45) is 0 Å². The third kappa shape index (κ3) is 2.58. The predicted molar refractivity (Wildman–Crippen MR) is 95.8 cm³/mol. The summed E-state index contributed by atoms with van der Waals surface area (Å²) in [6.07, 6.45) is 1.80. The number of benzene rings is 2. The number of hydrogen-bond donors (Lipinski definition) is 1. The second-order valence-electron chi connectivity index (χ2n) is 5.70. The second-order valence-corrected chi connectivity index (χ2v) is 5.70. The fourth-order valence-corrected chi connectivity index (χ4v) is 2.87. The molecule has 2 heterocycles. The van der Waals surface area contributed by atoms with E-state index in [9.17, 15) is 4.79 Å². The number of aryl methyl sites for hydroxylation is 1. The molecule has 4 heteroatoms. The van der Waals surface area contributed by atoms with Gasteiger partial charge in [0.25, 0.3) is 0 Å². The summed E-state index contributed by atoms with van der Waals surface area (Å²) in [6, 6.07) is 19.8. The zero-order valence-electron chi connectivity index (χ0n) is 13.2. The molecule has 116 valence electrons. The van der Waals surface area contributed by atoms with Gasteiger partial charge in [0.15, 0.2) is 0 Å². The summed E-state index contributed by atoms with van der Waals surface area (Å²) in [5, 5.41) is 0.924. The number of nitrogens with one attached hydrogen (secondary N) is 1. The normalized spacial score (nSPS) is 10.9. The SMILES string of the molecule is Cc1cc(-c2ccc3[nH]c(=O)nc(-c4ccccc4)c3c2)ccn1. The van der Waals surface area contributed by atoms with E-state index in [4.69, 9.17) is 0 Å². The smallest absolute Gasteiger partial charge is 0.305 e. The first-order chi connectivity index (χ1) is 11.7. The van der Waals surface area contributed by atoms with Crippen LogP contribution in [0, 0.1) is 6.92 Å². The average molecular weight is 313 g/mol. The molecule has 4 rings (SSSR count). The van der Waals surface area contributed by atoms with Crippen molar-refractivity contribution in [3.63, 3.8) is 0 Å². The van der Waals surface area contributed by atoms with E-state index in [0.29, 0.717) is 5.69 Å². The molecule has 0 aliphatic carbocycles. The van der Waals surface area contributed by atoms with Crippen molar-refractivity contribution in [3.8, 4) is 22.4 Å². The molecule has 0 spiro atoms. The van der Waals surface area contributed by atoms with E-state index in [0.717, 1.165) is 33.3 Å². The third-order valence-electron chi connectivity index (χ3n) is 4.01. The van der Waals surface area contributed by atoms with Crippen molar-refractivity contribution >= 4 is 10.9 Å². The third-order valence-corrected chi connectivity index (χ3v) is 4.01. The Labute approximate surface area is 138 Å². The Morgan fingerprint density at radius 1 is 0.875 bits per heavy atom. The maximum absolute atomic E-state index is 11.9. The van der Waals surface area contributed by atoms with Crippen LogP contribution < -0.4 is 5.69 Å². The summed E-state index contributed by atoms with van der Waals surface area (Å²) in [7, 11) is 0. The Balaban J connectivity index is 1.99. The highest BCUT2D eigenvalue weighted by atomic mass is 16.1. The van der Waals surface area contributed by atoms with Gasteiger partial charge in [-0.1, -0.05) is 36.4 Å². The number of nitrogens with zero attached hydrogens (tertiary/aromatic N) is 2. The maximum atomic E-state index is 11.9. The van der Waals surface area contributed by atoms with Crippen LogP contribution in [0.25, 0.3) is 33.3 Å². The largest absolute Gasteiger partial charge is 0.345 e. The first-order valence-corrected chi connectivity index (χ1v) is 7.73. The molecular formula is C20H15N3O. The van der Waals surface area contributed by atoms with E-state index in [1.807, 2.05) is 61.5 Å². The maximum Gasteiger partial charge on any atom is 0.345 e. The molecule has 0 saturated carbocycles. The molecule has 24 heavy (non-hydrogen) atoms. The van der Waals surface area contributed by atoms with E-state index < -0.39 is 0 Å². The molecule has 2 aromatic heterocycles. The van der Waals surface area contributed by atoms with Crippen molar-refractivity contribution in [2.45, 2.75) is 6.92 Å². The molecule has 1 N–H and O–H groups in total. The lowest BCUT2D eigenvalue weighted by Crippen LogP contribution is -2.11. The quantitative estimate of drug-likeness (QED) is 0.609. The zero-order valence-corrected chi connectivity index (χ0v) is 13.2. The van der Waals surface area contributed by atoms with E-state index in [-0.39, 0.29) is 5.69 Å². The van der Waals surface area contributed by atoms with Gasteiger partial charge in [0.1, 0.15) is 0 Å². The van der Waals surface area contributed by atoms with Crippen LogP contribution in [0.4, 0.5) is 0 Å². The highest BCUT2D eigenvalue weighted by Gasteiger charge is 2.09. The van der Waals surface area contributed by atoms with Gasteiger partial charge >= 0.3 is 5.69 Å². The van der Waals surface area contributed by atoms with Gasteiger partial charge in [-0.15, -0.1) is 0 Å². The van der Waals surface area contributed by atoms with Crippen LogP contribution in [0.3, 0.4) is 0 Å². The van der Waals surface area contributed by atoms with Crippen LogP contribution in [0.15, 0.2) is 71.7 Å². The van der Waals surface area contributed by atoms with Crippen LogP contribution >= 0.6 is 0 Å². The summed E-state index contributed by atoms with van der Waals surface area (Å²) in [5.41, 5.74) is 5.19. The summed E-state index contributed by atoms with van der Waals surface area (Å²) in [6.45, 7) is 1.97. The lowest BCUT2D eigenvalue weighted by Gasteiger charge is -2.08. The van der Waals surface area contributed by atoms with Crippen LogP contribution in [-0.4, -0.2) is 15.0 Å². The molecule has 0 bridgehead atoms. The van der Waals surface area contributed by atoms with Gasteiger partial charge in [-0.25, -0.2) is 4.79 Å². The molecule has 4 nitrogen and oxygen atoms in total. The Morgan fingerprint density at radius 2 is 1.67 bits per heavy atom. The van der Waals surface area contributed by atoms with Gasteiger partial charge in [-0.05, 0) is 42.3 Å². The molecular weight excluding hydrogens is 298 g/mol. The van der Waals surface area contributed by atoms with Crippen LogP contribution in [0.1, 0.15) is 5.69 Å². The van der Waals surface area contributed by atoms with Gasteiger partial charge in [0, 0.05) is 22.8 Å². The van der Waals surface area contributed by atoms with Gasteiger partial charge in [0.2, 0.25) is 0 Å². The number of aromatic amines is 1. The Bertz CT molecular complexity index is 1080. The van der Waals surface area contributed by atoms with Crippen LogP contribution in [0.5, 0.6) is 0 Å². The molecule has 2 aromatic carbocycles. The molecule has 0 atom stereocenters. The summed E-state index contributed by atoms with van der Waals surface area (Å²) in [4.78, 5) is 23.2. The molecule has 0 fully saturated rings. The first kappa shape index (κ1) is 14.3. The molecule has 0 aliphatic heterocycles. The number of hydrogen-bond acceptors (Lipinski definition) is 3. The zero-order chi connectivity index (χ0) is 16.5. The lowest BCUT2D eigenvalue weighted by atomic mass is 10.0. The highest BCUT2D eigenvalue weighted by molar-refractivity contribution is 5.94. The number of rotatable bonds is 2. The topological polar surface area (TPSA) is 58.6 Å². The van der Waals surface area contributed by atoms with Gasteiger partial charge < -0.3 is 4.98 Å². The Hall–Kier alpha value is -3.27. The molecule has 0 unspecified atom stereocenters.